The van der Waals surface area contributed by atoms with E-state index in [0.717, 1.165) is 24.2 Å². The minimum Gasteiger partial charge on any atom is -0.508 e. The first-order chi connectivity index (χ1) is 12.8. The molecule has 0 atom stereocenters. The van der Waals surface area contributed by atoms with Gasteiger partial charge in [-0.25, -0.2) is 0 Å². The third-order valence-corrected chi connectivity index (χ3v) is 5.34. The Balaban J connectivity index is 1.87. The summed E-state index contributed by atoms with van der Waals surface area (Å²) in [6.07, 6.45) is 21.7. The van der Waals surface area contributed by atoms with Crippen LogP contribution in [0.3, 0.4) is 0 Å². The van der Waals surface area contributed by atoms with Gasteiger partial charge in [-0.15, -0.1) is 0 Å². The van der Waals surface area contributed by atoms with E-state index in [4.69, 9.17) is 4.74 Å². The lowest BCUT2D eigenvalue weighted by Crippen LogP contribution is -1.90. The predicted molar refractivity (Wildman–Crippen MR) is 113 cm³/mol. The third kappa shape index (κ3) is 11.4. The number of hydrogen-bond donors (Lipinski definition) is 1. The minimum absolute atomic E-state index is 0.399. The van der Waals surface area contributed by atoms with Gasteiger partial charge in [-0.05, 0) is 36.6 Å². The van der Waals surface area contributed by atoms with E-state index in [1.54, 1.807) is 13.2 Å². The maximum atomic E-state index is 9.89. The number of phenols is 1. The normalized spacial score (nSPS) is 11.0. The number of ether oxygens (including phenoxy) is 1. The van der Waals surface area contributed by atoms with Crippen molar-refractivity contribution < 1.29 is 9.84 Å². The Bertz CT molecular complexity index is 442. The number of aromatic hydroxyl groups is 1. The van der Waals surface area contributed by atoms with Gasteiger partial charge in [0.05, 0.1) is 7.11 Å². The zero-order valence-electron chi connectivity index (χ0n) is 17.4. The van der Waals surface area contributed by atoms with E-state index in [9.17, 15) is 5.11 Å². The highest BCUT2D eigenvalue weighted by Crippen LogP contribution is 2.24. The van der Waals surface area contributed by atoms with Gasteiger partial charge in [0.25, 0.3) is 0 Å². The largest absolute Gasteiger partial charge is 0.508 e. The van der Waals surface area contributed by atoms with E-state index in [1.165, 1.54) is 89.9 Å². The van der Waals surface area contributed by atoms with Gasteiger partial charge < -0.3 is 9.84 Å². The second-order valence-electron chi connectivity index (χ2n) is 7.69. The van der Waals surface area contributed by atoms with Crippen LogP contribution in [0, 0.1) is 0 Å². The molecule has 1 N–H and O–H groups in total. The summed E-state index contributed by atoms with van der Waals surface area (Å²) in [4.78, 5) is 0. The summed E-state index contributed by atoms with van der Waals surface area (Å²) in [5.74, 6) is 1.23. The van der Waals surface area contributed by atoms with E-state index < -0.39 is 0 Å². The number of rotatable bonds is 17. The van der Waals surface area contributed by atoms with Gasteiger partial charge in [0.2, 0.25) is 0 Å². The van der Waals surface area contributed by atoms with Gasteiger partial charge in [0.1, 0.15) is 11.5 Å². The first kappa shape index (κ1) is 22.9. The van der Waals surface area contributed by atoms with Gasteiger partial charge >= 0.3 is 0 Å². The molecular formula is C24H42O2. The molecular weight excluding hydrogens is 320 g/mol. The molecule has 0 fully saturated rings. The van der Waals surface area contributed by atoms with Crippen LogP contribution < -0.4 is 4.74 Å². The molecule has 0 aromatic heterocycles. The monoisotopic (exact) mass is 362 g/mol. The highest BCUT2D eigenvalue weighted by atomic mass is 16.5. The number of methoxy groups -OCH3 is 1. The van der Waals surface area contributed by atoms with Crippen LogP contribution >= 0.6 is 0 Å². The molecule has 0 amide bonds. The molecule has 0 aliphatic carbocycles. The lowest BCUT2D eigenvalue weighted by Gasteiger charge is -2.07. The van der Waals surface area contributed by atoms with Gasteiger partial charge in [-0.3, -0.25) is 0 Å². The van der Waals surface area contributed by atoms with E-state index in [1.807, 2.05) is 12.1 Å². The van der Waals surface area contributed by atoms with Crippen LogP contribution in [0.15, 0.2) is 18.2 Å². The maximum absolute atomic E-state index is 9.89. The standard InChI is InChI=1S/C24H42O2/c1-3-4-5-6-7-8-9-10-11-12-13-14-15-16-17-18-22-21-23(26-2)19-20-24(22)25/h19-21,25H,3-18H2,1-2H3. The molecule has 150 valence electrons. The lowest BCUT2D eigenvalue weighted by molar-refractivity contribution is 0.410. The Kier molecular flexibility index (Phi) is 14.1. The topological polar surface area (TPSA) is 29.5 Å². The maximum Gasteiger partial charge on any atom is 0.119 e. The van der Waals surface area contributed by atoms with Crippen LogP contribution in [0.2, 0.25) is 0 Å². The lowest BCUT2D eigenvalue weighted by atomic mass is 10.0. The molecule has 0 saturated carbocycles. The fourth-order valence-corrected chi connectivity index (χ4v) is 3.58. The fourth-order valence-electron chi connectivity index (χ4n) is 3.58. The minimum atomic E-state index is 0.399. The highest BCUT2D eigenvalue weighted by Gasteiger charge is 2.03. The van der Waals surface area contributed by atoms with Crippen molar-refractivity contribution in [3.05, 3.63) is 23.8 Å². The third-order valence-electron chi connectivity index (χ3n) is 5.34. The molecule has 1 rings (SSSR count). The fraction of sp³-hybridized carbons (Fsp3) is 0.750. The van der Waals surface area contributed by atoms with Crippen molar-refractivity contribution in [2.45, 2.75) is 110 Å². The summed E-state index contributed by atoms with van der Waals surface area (Å²) < 4.78 is 5.23. The summed E-state index contributed by atoms with van der Waals surface area (Å²) in [7, 11) is 1.67. The van der Waals surface area contributed by atoms with Crippen molar-refractivity contribution in [3.8, 4) is 11.5 Å². The van der Waals surface area contributed by atoms with Crippen molar-refractivity contribution in [2.75, 3.05) is 7.11 Å². The number of phenolic OH excluding ortho intramolecular Hbond substituents is 1. The average Bonchev–Trinajstić information content (AvgIpc) is 2.66. The molecule has 0 radical (unpaired) electrons. The molecule has 0 bridgehead atoms. The van der Waals surface area contributed by atoms with Crippen LogP contribution in [-0.4, -0.2) is 12.2 Å². The van der Waals surface area contributed by atoms with Gasteiger partial charge in [-0.1, -0.05) is 96.8 Å². The zero-order chi connectivity index (χ0) is 18.9. The Morgan fingerprint density at radius 1 is 0.692 bits per heavy atom. The van der Waals surface area contributed by atoms with Crippen molar-refractivity contribution in [3.63, 3.8) is 0 Å². The number of benzene rings is 1. The van der Waals surface area contributed by atoms with E-state index >= 15 is 0 Å². The molecule has 26 heavy (non-hydrogen) atoms. The van der Waals surface area contributed by atoms with Crippen LogP contribution in [0.5, 0.6) is 11.5 Å². The van der Waals surface area contributed by atoms with E-state index in [-0.39, 0.29) is 0 Å². The molecule has 0 saturated heterocycles. The van der Waals surface area contributed by atoms with Gasteiger partial charge in [0.15, 0.2) is 0 Å². The molecule has 1 aromatic rings. The van der Waals surface area contributed by atoms with Crippen LogP contribution in [-0.2, 0) is 6.42 Å². The summed E-state index contributed by atoms with van der Waals surface area (Å²) in [5, 5.41) is 9.89. The van der Waals surface area contributed by atoms with Crippen LogP contribution in [0.4, 0.5) is 0 Å². The molecule has 2 heteroatoms. The smallest absolute Gasteiger partial charge is 0.119 e. The molecule has 2 nitrogen and oxygen atoms in total. The second kappa shape index (κ2) is 16.0. The number of unbranched alkanes of at least 4 members (excludes halogenated alkanes) is 14. The molecule has 0 spiro atoms. The van der Waals surface area contributed by atoms with E-state index in [0.29, 0.717) is 5.75 Å². The first-order valence-corrected chi connectivity index (χ1v) is 11.1. The molecule has 0 heterocycles. The molecule has 0 aliphatic heterocycles. The van der Waals surface area contributed by atoms with Gasteiger partial charge in [0, 0.05) is 0 Å². The Hall–Kier alpha value is -1.18. The van der Waals surface area contributed by atoms with Crippen molar-refractivity contribution >= 4 is 0 Å². The summed E-state index contributed by atoms with van der Waals surface area (Å²) in [6, 6.07) is 5.50. The highest BCUT2D eigenvalue weighted by molar-refractivity contribution is 5.39. The van der Waals surface area contributed by atoms with Crippen molar-refractivity contribution in [2.24, 2.45) is 0 Å². The number of hydrogen-bond acceptors (Lipinski definition) is 2. The second-order valence-corrected chi connectivity index (χ2v) is 7.69. The van der Waals surface area contributed by atoms with Crippen molar-refractivity contribution in [1.82, 2.24) is 0 Å². The Morgan fingerprint density at radius 3 is 1.62 bits per heavy atom. The Morgan fingerprint density at radius 2 is 1.15 bits per heavy atom. The van der Waals surface area contributed by atoms with Gasteiger partial charge in [-0.2, -0.15) is 0 Å². The summed E-state index contributed by atoms with van der Waals surface area (Å²) in [6.45, 7) is 2.28. The SMILES string of the molecule is CCCCCCCCCCCCCCCCCc1cc(OC)ccc1O. The number of aryl methyl sites for hydroxylation is 1. The van der Waals surface area contributed by atoms with Crippen LogP contribution in [0.1, 0.15) is 109 Å². The molecule has 1 aromatic carbocycles. The summed E-state index contributed by atoms with van der Waals surface area (Å²) >= 11 is 0. The molecule has 0 aliphatic rings. The summed E-state index contributed by atoms with van der Waals surface area (Å²) in [5.41, 5.74) is 1.01. The Labute approximate surface area is 162 Å². The molecule has 0 unspecified atom stereocenters. The van der Waals surface area contributed by atoms with Crippen LogP contribution in [0.25, 0.3) is 0 Å². The first-order valence-electron chi connectivity index (χ1n) is 11.1. The average molecular weight is 363 g/mol. The van der Waals surface area contributed by atoms with Crippen molar-refractivity contribution in [1.29, 1.82) is 0 Å². The predicted octanol–water partition coefficient (Wildman–Crippen LogP) is 7.81. The van der Waals surface area contributed by atoms with E-state index in [2.05, 4.69) is 6.92 Å². The zero-order valence-corrected chi connectivity index (χ0v) is 17.4. The quantitative estimate of drug-likeness (QED) is 0.286.